The van der Waals surface area contributed by atoms with Crippen molar-refractivity contribution in [2.75, 3.05) is 13.7 Å². The van der Waals surface area contributed by atoms with Crippen LogP contribution in [0.4, 0.5) is 0 Å². The highest BCUT2D eigenvalue weighted by Crippen LogP contribution is 2.38. The number of benzene rings is 1. The summed E-state index contributed by atoms with van der Waals surface area (Å²) in [6, 6.07) is 7.19. The van der Waals surface area contributed by atoms with Crippen LogP contribution < -0.4 is 4.74 Å². The third kappa shape index (κ3) is 4.08. The summed E-state index contributed by atoms with van der Waals surface area (Å²) in [5.74, 6) is -0.253. The molecule has 0 saturated heterocycles. The number of aliphatic hydroxyl groups excluding tert-OH is 2. The number of allylic oxidation sites excluding steroid dienone is 2. The molecule has 146 valence electrons. The zero-order valence-electron chi connectivity index (χ0n) is 15.8. The lowest BCUT2D eigenvalue weighted by Crippen LogP contribution is -2.57. The Bertz CT molecular complexity index is 732. The Balaban J connectivity index is 1.77. The maximum Gasteiger partial charge on any atom is 0.176 e. The molecule has 1 aromatic carbocycles. The molecule has 0 bridgehead atoms. The molecular weight excluding hydrogens is 348 g/mol. The lowest BCUT2D eigenvalue weighted by molar-refractivity contribution is -0.172. The predicted octanol–water partition coefficient (Wildman–Crippen LogP) is 2.10. The fraction of sp³-hybridized carbons (Fsp3) is 0.476. The van der Waals surface area contributed by atoms with Gasteiger partial charge in [-0.05, 0) is 37.6 Å². The first-order chi connectivity index (χ1) is 12.9. The summed E-state index contributed by atoms with van der Waals surface area (Å²) >= 11 is 0. The van der Waals surface area contributed by atoms with Crippen molar-refractivity contribution in [3.05, 3.63) is 47.7 Å². The van der Waals surface area contributed by atoms with Gasteiger partial charge in [0.05, 0.1) is 30.0 Å². The van der Waals surface area contributed by atoms with Crippen LogP contribution in [0.1, 0.15) is 25.8 Å². The molecule has 0 amide bonds. The second kappa shape index (κ2) is 8.25. The Hall–Kier alpha value is -2.15. The van der Waals surface area contributed by atoms with E-state index in [1.807, 2.05) is 19.9 Å². The van der Waals surface area contributed by atoms with E-state index in [1.54, 1.807) is 24.3 Å². The van der Waals surface area contributed by atoms with Crippen LogP contribution in [-0.4, -0.2) is 54.1 Å². The molecule has 6 nitrogen and oxygen atoms in total. The molecular formula is C21H26O6. The number of hydrogen-bond acceptors (Lipinski definition) is 6. The van der Waals surface area contributed by atoms with Gasteiger partial charge in [0.2, 0.25) is 0 Å². The highest BCUT2D eigenvalue weighted by Gasteiger charge is 2.51. The Morgan fingerprint density at radius 3 is 2.56 bits per heavy atom. The smallest absolute Gasteiger partial charge is 0.176 e. The second-order valence-corrected chi connectivity index (χ2v) is 7.21. The highest BCUT2D eigenvalue weighted by atomic mass is 16.5. The first-order valence-corrected chi connectivity index (χ1v) is 9.07. The van der Waals surface area contributed by atoms with Crippen LogP contribution in [0.2, 0.25) is 0 Å². The van der Waals surface area contributed by atoms with Gasteiger partial charge >= 0.3 is 0 Å². The van der Waals surface area contributed by atoms with Crippen LogP contribution >= 0.6 is 0 Å². The van der Waals surface area contributed by atoms with Crippen molar-refractivity contribution >= 4 is 11.4 Å². The molecule has 5 unspecified atom stereocenters. The standard InChI is InChI=1S/C21H26O6/c1-12(2)8-9-26-14-6-4-13(5-7-14)15-11-27-21-18(19(15)24)16(22)10-17(23)20(21)25-3/h4-8,11,16-18,20-23H,9-10H2,1-3H3. The molecule has 2 N–H and O–H groups in total. The number of ketones is 1. The number of Topliss-reactive ketones (excluding diaryl/α,β-unsaturated/α-hetero) is 1. The molecule has 0 radical (unpaired) electrons. The van der Waals surface area contributed by atoms with Gasteiger partial charge < -0.3 is 24.4 Å². The van der Waals surface area contributed by atoms with E-state index >= 15 is 0 Å². The molecule has 5 atom stereocenters. The first kappa shape index (κ1) is 19.6. The van der Waals surface area contributed by atoms with Gasteiger partial charge in [-0.2, -0.15) is 0 Å². The van der Waals surface area contributed by atoms with Crippen LogP contribution in [-0.2, 0) is 14.3 Å². The predicted molar refractivity (Wildman–Crippen MR) is 100 cm³/mol. The van der Waals surface area contributed by atoms with Crippen LogP contribution in [0.5, 0.6) is 5.75 Å². The fourth-order valence-electron chi connectivity index (χ4n) is 3.58. The number of ether oxygens (including phenoxy) is 3. The Kier molecular flexibility index (Phi) is 5.99. The number of rotatable bonds is 5. The number of carbonyl (C=O) groups is 1. The monoisotopic (exact) mass is 374 g/mol. The van der Waals surface area contributed by atoms with Crippen molar-refractivity contribution in [3.8, 4) is 5.75 Å². The van der Waals surface area contributed by atoms with E-state index in [9.17, 15) is 15.0 Å². The lowest BCUT2D eigenvalue weighted by atomic mass is 9.74. The summed E-state index contributed by atoms with van der Waals surface area (Å²) in [6.45, 7) is 4.50. The Labute approximate surface area is 159 Å². The molecule has 1 saturated carbocycles. The molecule has 2 aliphatic rings. The van der Waals surface area contributed by atoms with Crippen LogP contribution in [0.15, 0.2) is 42.2 Å². The van der Waals surface area contributed by atoms with E-state index in [4.69, 9.17) is 14.2 Å². The normalized spacial score (nSPS) is 30.0. The second-order valence-electron chi connectivity index (χ2n) is 7.21. The molecule has 27 heavy (non-hydrogen) atoms. The molecule has 0 aromatic heterocycles. The van der Waals surface area contributed by atoms with Gasteiger partial charge in [0.25, 0.3) is 0 Å². The molecule has 1 aliphatic carbocycles. The molecule has 1 aliphatic heterocycles. The van der Waals surface area contributed by atoms with Crippen molar-refractivity contribution in [1.82, 2.24) is 0 Å². The van der Waals surface area contributed by atoms with Gasteiger partial charge in [-0.15, -0.1) is 0 Å². The molecule has 3 rings (SSSR count). The summed E-state index contributed by atoms with van der Waals surface area (Å²) in [6.07, 6.45) is 0.284. The molecule has 6 heteroatoms. The van der Waals surface area contributed by atoms with Crippen molar-refractivity contribution in [1.29, 1.82) is 0 Å². The van der Waals surface area contributed by atoms with Crippen LogP contribution in [0.3, 0.4) is 0 Å². The Morgan fingerprint density at radius 1 is 1.22 bits per heavy atom. The zero-order valence-corrected chi connectivity index (χ0v) is 15.8. The first-order valence-electron chi connectivity index (χ1n) is 9.07. The van der Waals surface area contributed by atoms with E-state index in [2.05, 4.69) is 0 Å². The van der Waals surface area contributed by atoms with Crippen molar-refractivity contribution < 1.29 is 29.2 Å². The van der Waals surface area contributed by atoms with Crippen LogP contribution in [0, 0.1) is 5.92 Å². The van der Waals surface area contributed by atoms with Crippen LogP contribution in [0.25, 0.3) is 5.57 Å². The van der Waals surface area contributed by atoms with Gasteiger partial charge in [0, 0.05) is 13.5 Å². The summed E-state index contributed by atoms with van der Waals surface area (Å²) in [4.78, 5) is 13.0. The summed E-state index contributed by atoms with van der Waals surface area (Å²) in [7, 11) is 1.46. The van der Waals surface area contributed by atoms with Crippen molar-refractivity contribution in [2.45, 2.75) is 44.7 Å². The zero-order chi connectivity index (χ0) is 19.6. The lowest BCUT2D eigenvalue weighted by Gasteiger charge is -2.43. The molecule has 1 aromatic rings. The topological polar surface area (TPSA) is 85.2 Å². The number of aliphatic hydroxyl groups is 2. The van der Waals surface area contributed by atoms with Gasteiger partial charge in [0.1, 0.15) is 24.6 Å². The van der Waals surface area contributed by atoms with E-state index in [0.717, 1.165) is 0 Å². The van der Waals surface area contributed by atoms with Gasteiger partial charge in [-0.25, -0.2) is 0 Å². The number of fused-ring (bicyclic) bond motifs is 1. The van der Waals surface area contributed by atoms with Gasteiger partial charge in [-0.1, -0.05) is 17.7 Å². The average Bonchev–Trinajstić information content (AvgIpc) is 2.62. The quantitative estimate of drug-likeness (QED) is 0.768. The summed E-state index contributed by atoms with van der Waals surface area (Å²) in [5.41, 5.74) is 2.28. The minimum absolute atomic E-state index is 0.0825. The van der Waals surface area contributed by atoms with Gasteiger partial charge in [-0.3, -0.25) is 4.79 Å². The minimum Gasteiger partial charge on any atom is -0.494 e. The van der Waals surface area contributed by atoms with E-state index in [1.165, 1.54) is 18.9 Å². The maximum atomic E-state index is 13.0. The van der Waals surface area contributed by atoms with Crippen molar-refractivity contribution in [2.24, 2.45) is 5.92 Å². The highest BCUT2D eigenvalue weighted by molar-refractivity contribution is 6.22. The largest absolute Gasteiger partial charge is 0.494 e. The van der Waals surface area contributed by atoms with Crippen molar-refractivity contribution in [3.63, 3.8) is 0 Å². The third-order valence-corrected chi connectivity index (χ3v) is 5.04. The molecule has 1 heterocycles. The molecule has 1 fully saturated rings. The number of methoxy groups -OCH3 is 1. The third-order valence-electron chi connectivity index (χ3n) is 5.04. The minimum atomic E-state index is -0.973. The maximum absolute atomic E-state index is 13.0. The SMILES string of the molecule is COC1C(O)CC(O)C2C(=O)C(c3ccc(OCC=C(C)C)cc3)=COC12. The Morgan fingerprint density at radius 2 is 1.93 bits per heavy atom. The molecule has 0 spiro atoms. The van der Waals surface area contributed by atoms with E-state index in [0.29, 0.717) is 23.5 Å². The number of hydrogen-bond donors (Lipinski definition) is 2. The van der Waals surface area contributed by atoms with Gasteiger partial charge in [0.15, 0.2) is 5.78 Å². The summed E-state index contributed by atoms with van der Waals surface area (Å²) < 4.78 is 16.6. The summed E-state index contributed by atoms with van der Waals surface area (Å²) in [5, 5.41) is 20.4. The van der Waals surface area contributed by atoms with E-state index < -0.39 is 30.3 Å². The number of carbonyl (C=O) groups excluding carboxylic acids is 1. The van der Waals surface area contributed by atoms with E-state index in [-0.39, 0.29) is 12.2 Å². The fourth-order valence-corrected chi connectivity index (χ4v) is 3.58. The average molecular weight is 374 g/mol.